The number of aromatic amines is 2. The smallest absolute Gasteiger partial charge is 0.226 e. The van der Waals surface area contributed by atoms with Crippen molar-refractivity contribution in [2.75, 3.05) is 5.32 Å². The first-order chi connectivity index (χ1) is 17.5. The van der Waals surface area contributed by atoms with E-state index in [9.17, 15) is 4.79 Å². The average molecular weight is 499 g/mol. The number of anilines is 1. The maximum atomic E-state index is 15.9. The monoisotopic (exact) mass is 498 g/mol. The summed E-state index contributed by atoms with van der Waals surface area (Å²) in [5.74, 6) is -0.544. The van der Waals surface area contributed by atoms with Crippen LogP contribution in [0.3, 0.4) is 0 Å². The number of amides is 1. The highest BCUT2D eigenvalue weighted by molar-refractivity contribution is 7.08. The fraction of sp³-hybridized carbons (Fsp3) is 0.120. The SMILES string of the molecule is CC(C)C(=O)Nc1cncc(-c2ncc3[nH]nc(-c4nc5c(-c6ccsc6)ccnc5[nH]4)c3c2F)c1. The van der Waals surface area contributed by atoms with E-state index in [1.54, 1.807) is 37.4 Å². The minimum atomic E-state index is -0.572. The second kappa shape index (κ2) is 8.61. The van der Waals surface area contributed by atoms with Crippen LogP contribution >= 0.6 is 11.3 Å². The van der Waals surface area contributed by atoms with Gasteiger partial charge < -0.3 is 10.3 Å². The lowest BCUT2D eigenvalue weighted by molar-refractivity contribution is -0.118. The van der Waals surface area contributed by atoms with Gasteiger partial charge in [0.15, 0.2) is 17.3 Å². The van der Waals surface area contributed by atoms with Crippen molar-refractivity contribution in [2.45, 2.75) is 13.8 Å². The van der Waals surface area contributed by atoms with Crippen LogP contribution in [0.5, 0.6) is 0 Å². The molecule has 11 heteroatoms. The third kappa shape index (κ3) is 3.69. The predicted octanol–water partition coefficient (Wildman–Crippen LogP) is 5.42. The first-order valence-corrected chi connectivity index (χ1v) is 12.1. The van der Waals surface area contributed by atoms with Gasteiger partial charge >= 0.3 is 0 Å². The van der Waals surface area contributed by atoms with Crippen LogP contribution < -0.4 is 5.32 Å². The van der Waals surface area contributed by atoms with Crippen LogP contribution in [-0.2, 0) is 4.79 Å². The Kier molecular flexibility index (Phi) is 5.26. The van der Waals surface area contributed by atoms with E-state index in [1.165, 1.54) is 18.6 Å². The first kappa shape index (κ1) is 22.0. The molecule has 0 saturated carbocycles. The summed E-state index contributed by atoms with van der Waals surface area (Å²) in [5.41, 5.74) is 4.94. The van der Waals surface area contributed by atoms with Crippen LogP contribution in [0, 0.1) is 11.7 Å². The molecule has 0 atom stereocenters. The van der Waals surface area contributed by atoms with E-state index >= 15 is 4.39 Å². The highest BCUT2D eigenvalue weighted by atomic mass is 32.1. The van der Waals surface area contributed by atoms with Gasteiger partial charge in [0, 0.05) is 29.4 Å². The standard InChI is InChI=1S/C25H19FN8OS/c1-12(2)25(35)30-15-7-14(8-27-9-15)20-19(26)18-17(10-29-20)33-34-22(18)24-31-21-16(13-4-6-36-11-13)3-5-28-23(21)32-24/h3-12H,1-2H3,(H,30,35)(H,33,34)(H,28,31,32). The zero-order chi connectivity index (χ0) is 24.8. The number of imidazole rings is 1. The second-order valence-electron chi connectivity index (χ2n) is 8.54. The van der Waals surface area contributed by atoms with Crippen molar-refractivity contribution >= 4 is 45.0 Å². The van der Waals surface area contributed by atoms with Crippen molar-refractivity contribution in [3.8, 4) is 33.9 Å². The molecule has 0 aromatic carbocycles. The summed E-state index contributed by atoms with van der Waals surface area (Å²) in [6.07, 6.45) is 6.23. The number of aromatic nitrogens is 7. The Bertz CT molecular complexity index is 1740. The van der Waals surface area contributed by atoms with E-state index in [1.807, 2.05) is 22.9 Å². The van der Waals surface area contributed by atoms with Gasteiger partial charge in [-0.05, 0) is 34.5 Å². The Morgan fingerprint density at radius 1 is 1.11 bits per heavy atom. The summed E-state index contributed by atoms with van der Waals surface area (Å²) < 4.78 is 15.9. The van der Waals surface area contributed by atoms with Gasteiger partial charge in [0.2, 0.25) is 5.91 Å². The highest BCUT2D eigenvalue weighted by Gasteiger charge is 2.22. The van der Waals surface area contributed by atoms with Crippen LogP contribution in [0.4, 0.5) is 10.1 Å². The van der Waals surface area contributed by atoms with Gasteiger partial charge in [0.1, 0.15) is 16.9 Å². The van der Waals surface area contributed by atoms with Crippen molar-refractivity contribution in [3.05, 3.63) is 59.6 Å². The van der Waals surface area contributed by atoms with E-state index < -0.39 is 5.82 Å². The number of fused-ring (bicyclic) bond motifs is 2. The van der Waals surface area contributed by atoms with E-state index in [0.717, 1.165) is 11.1 Å². The molecule has 0 aliphatic heterocycles. The molecule has 178 valence electrons. The Hall–Kier alpha value is -4.51. The number of hydrogen-bond donors (Lipinski definition) is 3. The summed E-state index contributed by atoms with van der Waals surface area (Å²) in [6, 6.07) is 5.56. The summed E-state index contributed by atoms with van der Waals surface area (Å²) in [7, 11) is 0. The number of H-pyrrole nitrogens is 2. The van der Waals surface area contributed by atoms with Crippen LogP contribution in [0.1, 0.15) is 13.8 Å². The lowest BCUT2D eigenvalue weighted by Crippen LogP contribution is -2.17. The molecule has 1 amide bonds. The number of pyridine rings is 3. The van der Waals surface area contributed by atoms with Gasteiger partial charge in [-0.25, -0.2) is 14.4 Å². The topological polar surface area (TPSA) is 125 Å². The molecule has 6 aromatic rings. The molecular formula is C25H19FN8OS. The largest absolute Gasteiger partial charge is 0.324 e. The number of nitrogens with one attached hydrogen (secondary N) is 3. The van der Waals surface area contributed by atoms with Gasteiger partial charge in [-0.3, -0.25) is 19.9 Å². The number of thiophene rings is 1. The Morgan fingerprint density at radius 2 is 2.00 bits per heavy atom. The van der Waals surface area contributed by atoms with Gasteiger partial charge in [-0.2, -0.15) is 16.4 Å². The molecule has 6 aromatic heterocycles. The normalized spacial score (nSPS) is 11.6. The zero-order valence-corrected chi connectivity index (χ0v) is 20.0. The molecular weight excluding hydrogens is 479 g/mol. The Labute approximate surface area is 207 Å². The number of rotatable bonds is 5. The molecule has 9 nitrogen and oxygen atoms in total. The molecule has 0 radical (unpaired) electrons. The molecule has 36 heavy (non-hydrogen) atoms. The van der Waals surface area contributed by atoms with Crippen LogP contribution in [-0.4, -0.2) is 41.0 Å². The van der Waals surface area contributed by atoms with Crippen LogP contribution in [0.25, 0.3) is 56.0 Å². The Balaban J connectivity index is 1.46. The highest BCUT2D eigenvalue weighted by Crippen LogP contribution is 2.34. The first-order valence-electron chi connectivity index (χ1n) is 11.2. The molecule has 0 aliphatic rings. The van der Waals surface area contributed by atoms with E-state index in [-0.39, 0.29) is 22.9 Å². The van der Waals surface area contributed by atoms with Crippen LogP contribution in [0.15, 0.2) is 53.7 Å². The van der Waals surface area contributed by atoms with E-state index in [2.05, 4.69) is 35.5 Å². The third-order valence-electron chi connectivity index (χ3n) is 5.79. The number of carbonyl (C=O) groups excluding carboxylic acids is 1. The zero-order valence-electron chi connectivity index (χ0n) is 19.2. The van der Waals surface area contributed by atoms with Crippen molar-refractivity contribution in [1.82, 2.24) is 35.1 Å². The van der Waals surface area contributed by atoms with E-state index in [4.69, 9.17) is 4.98 Å². The number of nitrogens with zero attached hydrogens (tertiary/aromatic N) is 5. The average Bonchev–Trinajstić information content (AvgIpc) is 3.63. The van der Waals surface area contributed by atoms with Crippen LogP contribution in [0.2, 0.25) is 0 Å². The number of carbonyl (C=O) groups is 1. The molecule has 0 saturated heterocycles. The van der Waals surface area contributed by atoms with Gasteiger partial charge in [-0.15, -0.1) is 0 Å². The molecule has 0 fully saturated rings. The Morgan fingerprint density at radius 3 is 2.81 bits per heavy atom. The lowest BCUT2D eigenvalue weighted by atomic mass is 10.1. The van der Waals surface area contributed by atoms with Crippen molar-refractivity contribution in [2.24, 2.45) is 5.92 Å². The molecule has 0 spiro atoms. The summed E-state index contributed by atoms with van der Waals surface area (Å²) in [4.78, 5) is 32.8. The van der Waals surface area contributed by atoms with Crippen molar-refractivity contribution in [1.29, 1.82) is 0 Å². The molecule has 0 unspecified atom stereocenters. The summed E-state index contributed by atoms with van der Waals surface area (Å²) in [6.45, 7) is 3.58. The molecule has 0 bridgehead atoms. The summed E-state index contributed by atoms with van der Waals surface area (Å²) >= 11 is 1.60. The lowest BCUT2D eigenvalue weighted by Gasteiger charge is -2.09. The third-order valence-corrected chi connectivity index (χ3v) is 6.47. The minimum absolute atomic E-state index is 0.0893. The predicted molar refractivity (Wildman–Crippen MR) is 137 cm³/mol. The van der Waals surface area contributed by atoms with Gasteiger partial charge in [0.25, 0.3) is 0 Å². The maximum absolute atomic E-state index is 15.9. The molecule has 3 N–H and O–H groups in total. The van der Waals surface area contributed by atoms with Gasteiger partial charge in [-0.1, -0.05) is 13.8 Å². The van der Waals surface area contributed by atoms with Gasteiger partial charge in [0.05, 0.1) is 29.0 Å². The molecule has 6 heterocycles. The number of halogens is 1. The quantitative estimate of drug-likeness (QED) is 0.291. The van der Waals surface area contributed by atoms with E-state index in [0.29, 0.717) is 39.4 Å². The fourth-order valence-electron chi connectivity index (χ4n) is 3.95. The second-order valence-corrected chi connectivity index (χ2v) is 9.32. The number of hydrogen-bond acceptors (Lipinski definition) is 7. The molecule has 0 aliphatic carbocycles. The van der Waals surface area contributed by atoms with Crippen molar-refractivity contribution < 1.29 is 9.18 Å². The van der Waals surface area contributed by atoms with Crippen molar-refractivity contribution in [3.63, 3.8) is 0 Å². The maximum Gasteiger partial charge on any atom is 0.226 e. The molecule has 6 rings (SSSR count). The minimum Gasteiger partial charge on any atom is -0.324 e. The summed E-state index contributed by atoms with van der Waals surface area (Å²) in [5, 5.41) is 14.2. The fourth-order valence-corrected chi connectivity index (χ4v) is 4.60.